The minimum absolute atomic E-state index is 0.0857. The van der Waals surface area contributed by atoms with Gasteiger partial charge in [0.1, 0.15) is 6.04 Å². The lowest BCUT2D eigenvalue weighted by Crippen LogP contribution is -2.52. The third-order valence-electron chi connectivity index (χ3n) is 7.60. The lowest BCUT2D eigenvalue weighted by Gasteiger charge is -2.33. The summed E-state index contributed by atoms with van der Waals surface area (Å²) in [6.45, 7) is 4.07. The number of likely N-dealkylation sites (tertiary alicyclic amines) is 1. The molecule has 0 bridgehead atoms. The van der Waals surface area contributed by atoms with Gasteiger partial charge in [-0.05, 0) is 74.2 Å². The van der Waals surface area contributed by atoms with Crippen molar-refractivity contribution in [3.05, 3.63) is 34.9 Å². The molecule has 1 saturated carbocycles. The molecule has 2 saturated heterocycles. The number of carbonyl (C=O) groups excluding carboxylic acids is 3. The third-order valence-corrected chi connectivity index (χ3v) is 7.60. The van der Waals surface area contributed by atoms with Gasteiger partial charge in [-0.25, -0.2) is 0 Å². The summed E-state index contributed by atoms with van der Waals surface area (Å²) in [5, 5.41) is 2.37. The number of amides is 3. The van der Waals surface area contributed by atoms with Crippen LogP contribution >= 0.6 is 0 Å². The van der Waals surface area contributed by atoms with E-state index in [-0.39, 0.29) is 17.7 Å². The highest BCUT2D eigenvalue weighted by Gasteiger charge is 2.39. The van der Waals surface area contributed by atoms with Crippen LogP contribution in [0.1, 0.15) is 78.8 Å². The second-order valence-corrected chi connectivity index (χ2v) is 9.54. The zero-order valence-electron chi connectivity index (χ0n) is 17.6. The fourth-order valence-corrected chi connectivity index (χ4v) is 5.86. The molecule has 5 rings (SSSR count). The smallest absolute Gasteiger partial charge is 0.255 e. The first-order chi connectivity index (χ1) is 14.6. The molecule has 3 fully saturated rings. The van der Waals surface area contributed by atoms with Crippen LogP contribution in [-0.2, 0) is 16.1 Å². The van der Waals surface area contributed by atoms with Gasteiger partial charge in [-0.2, -0.15) is 0 Å². The number of carbonyl (C=O) groups is 3. The molecule has 1 unspecified atom stereocenters. The fraction of sp³-hybridized carbons (Fsp3) is 0.625. The van der Waals surface area contributed by atoms with Crippen LogP contribution in [0, 0.1) is 5.92 Å². The van der Waals surface area contributed by atoms with Crippen molar-refractivity contribution in [1.29, 1.82) is 0 Å². The fourth-order valence-electron chi connectivity index (χ4n) is 5.86. The topological polar surface area (TPSA) is 69.7 Å². The summed E-state index contributed by atoms with van der Waals surface area (Å²) in [6.07, 6.45) is 8.69. The van der Waals surface area contributed by atoms with Crippen LogP contribution in [0.15, 0.2) is 18.2 Å². The number of nitrogens with one attached hydrogen (secondary N) is 1. The Morgan fingerprint density at radius 3 is 2.47 bits per heavy atom. The van der Waals surface area contributed by atoms with E-state index < -0.39 is 6.04 Å². The predicted octanol–water partition coefficient (Wildman–Crippen LogP) is 2.82. The summed E-state index contributed by atoms with van der Waals surface area (Å²) in [6, 6.07) is 5.72. The predicted molar refractivity (Wildman–Crippen MR) is 113 cm³/mol. The van der Waals surface area contributed by atoms with Crippen LogP contribution in [0.25, 0.3) is 0 Å². The molecule has 0 aromatic heterocycles. The van der Waals surface area contributed by atoms with E-state index >= 15 is 0 Å². The van der Waals surface area contributed by atoms with Crippen LogP contribution in [0.2, 0.25) is 0 Å². The Balaban J connectivity index is 1.22. The Bertz CT molecular complexity index is 853. The molecule has 3 aliphatic heterocycles. The largest absolute Gasteiger partial charge is 0.322 e. The zero-order valence-corrected chi connectivity index (χ0v) is 17.6. The van der Waals surface area contributed by atoms with E-state index in [2.05, 4.69) is 22.3 Å². The van der Waals surface area contributed by atoms with Gasteiger partial charge in [-0.15, -0.1) is 0 Å². The molecule has 160 valence electrons. The van der Waals surface area contributed by atoms with Gasteiger partial charge in [-0.1, -0.05) is 25.0 Å². The van der Waals surface area contributed by atoms with Crippen molar-refractivity contribution >= 4 is 17.7 Å². The Labute approximate surface area is 178 Å². The lowest BCUT2D eigenvalue weighted by atomic mass is 9.87. The molecular weight excluding hydrogens is 378 g/mol. The summed E-state index contributed by atoms with van der Waals surface area (Å²) in [4.78, 5) is 40.8. The van der Waals surface area contributed by atoms with Gasteiger partial charge in [0.15, 0.2) is 0 Å². The molecule has 1 N–H and O–H groups in total. The highest BCUT2D eigenvalue weighted by Crippen LogP contribution is 2.34. The van der Waals surface area contributed by atoms with Crippen molar-refractivity contribution in [2.24, 2.45) is 5.92 Å². The van der Waals surface area contributed by atoms with Gasteiger partial charge >= 0.3 is 0 Å². The Kier molecular flexibility index (Phi) is 5.35. The van der Waals surface area contributed by atoms with Crippen molar-refractivity contribution in [1.82, 2.24) is 15.1 Å². The van der Waals surface area contributed by atoms with Crippen molar-refractivity contribution in [2.45, 2.75) is 69.9 Å². The number of imide groups is 1. The number of rotatable bonds is 4. The van der Waals surface area contributed by atoms with Gasteiger partial charge < -0.3 is 9.80 Å². The zero-order chi connectivity index (χ0) is 20.7. The van der Waals surface area contributed by atoms with E-state index in [4.69, 9.17) is 0 Å². The van der Waals surface area contributed by atoms with E-state index in [1.807, 2.05) is 6.07 Å². The SMILES string of the molecule is O=C1CCC(N2Cc3cc(C4CCN(CC5CCCC5)CC4)ccc3C2=O)C(=O)N1. The average Bonchev–Trinajstić information content (AvgIpc) is 3.36. The minimum atomic E-state index is -0.537. The Hall–Kier alpha value is -2.21. The number of hydrogen-bond acceptors (Lipinski definition) is 4. The van der Waals surface area contributed by atoms with Gasteiger partial charge in [0.25, 0.3) is 5.91 Å². The number of benzene rings is 1. The molecule has 6 nitrogen and oxygen atoms in total. The summed E-state index contributed by atoms with van der Waals surface area (Å²) in [5.41, 5.74) is 3.06. The van der Waals surface area contributed by atoms with E-state index in [9.17, 15) is 14.4 Å². The number of hydrogen-bond donors (Lipinski definition) is 1. The number of nitrogens with zero attached hydrogens (tertiary/aromatic N) is 2. The van der Waals surface area contributed by atoms with Crippen molar-refractivity contribution < 1.29 is 14.4 Å². The number of piperidine rings is 2. The maximum absolute atomic E-state index is 12.9. The molecule has 6 heteroatoms. The molecule has 4 aliphatic rings. The van der Waals surface area contributed by atoms with Crippen LogP contribution in [0.3, 0.4) is 0 Å². The van der Waals surface area contributed by atoms with Crippen molar-refractivity contribution in [3.63, 3.8) is 0 Å². The summed E-state index contributed by atoms with van der Waals surface area (Å²) < 4.78 is 0. The molecule has 3 amide bonds. The first kappa shape index (κ1) is 19.7. The highest BCUT2D eigenvalue weighted by molar-refractivity contribution is 6.05. The first-order valence-corrected chi connectivity index (χ1v) is 11.6. The monoisotopic (exact) mass is 409 g/mol. The van der Waals surface area contributed by atoms with Gasteiger partial charge in [0, 0.05) is 25.1 Å². The van der Waals surface area contributed by atoms with Crippen LogP contribution < -0.4 is 5.32 Å². The van der Waals surface area contributed by atoms with Crippen LogP contribution in [0.4, 0.5) is 0 Å². The second kappa shape index (κ2) is 8.14. The standard InChI is InChI=1S/C24H31N3O3/c28-22-8-7-21(23(29)25-22)27-15-19-13-18(5-6-20(19)24(27)30)17-9-11-26(12-10-17)14-16-3-1-2-4-16/h5-6,13,16-17,21H,1-4,7-12,14-15H2,(H,25,28,29). The molecule has 1 aliphatic carbocycles. The summed E-state index contributed by atoms with van der Waals surface area (Å²) in [5.74, 6) is 0.780. The maximum Gasteiger partial charge on any atom is 0.255 e. The average molecular weight is 410 g/mol. The van der Waals surface area contributed by atoms with Crippen molar-refractivity contribution in [2.75, 3.05) is 19.6 Å². The first-order valence-electron chi connectivity index (χ1n) is 11.6. The van der Waals surface area contributed by atoms with E-state index in [1.54, 1.807) is 4.90 Å². The molecule has 0 spiro atoms. The van der Waals surface area contributed by atoms with Crippen molar-refractivity contribution in [3.8, 4) is 0 Å². The molecule has 1 atom stereocenters. The van der Waals surface area contributed by atoms with Gasteiger partial charge in [-0.3, -0.25) is 19.7 Å². The third kappa shape index (κ3) is 3.78. The van der Waals surface area contributed by atoms with Crippen LogP contribution in [-0.4, -0.2) is 53.2 Å². The van der Waals surface area contributed by atoms with E-state index in [0.29, 0.717) is 30.9 Å². The molecule has 30 heavy (non-hydrogen) atoms. The van der Waals surface area contributed by atoms with Gasteiger partial charge in [0.05, 0.1) is 0 Å². The second-order valence-electron chi connectivity index (χ2n) is 9.54. The minimum Gasteiger partial charge on any atom is -0.322 e. The quantitative estimate of drug-likeness (QED) is 0.777. The molecule has 1 aromatic carbocycles. The number of fused-ring (bicyclic) bond motifs is 1. The van der Waals surface area contributed by atoms with E-state index in [0.717, 1.165) is 11.5 Å². The summed E-state index contributed by atoms with van der Waals surface area (Å²) in [7, 11) is 0. The molecule has 1 aromatic rings. The molecule has 3 heterocycles. The van der Waals surface area contributed by atoms with Gasteiger partial charge in [0.2, 0.25) is 11.8 Å². The summed E-state index contributed by atoms with van der Waals surface area (Å²) >= 11 is 0. The molecular formula is C24H31N3O3. The normalized spacial score (nSPS) is 26.3. The lowest BCUT2D eigenvalue weighted by molar-refractivity contribution is -0.136. The molecule has 0 radical (unpaired) electrons. The van der Waals surface area contributed by atoms with E-state index in [1.165, 1.54) is 63.7 Å². The maximum atomic E-state index is 12.9. The Morgan fingerprint density at radius 2 is 1.73 bits per heavy atom. The van der Waals surface area contributed by atoms with Crippen LogP contribution in [0.5, 0.6) is 0 Å². The Morgan fingerprint density at radius 1 is 0.967 bits per heavy atom. The highest BCUT2D eigenvalue weighted by atomic mass is 16.2.